The van der Waals surface area contributed by atoms with E-state index in [0.29, 0.717) is 0 Å². The number of rotatable bonds is 3. The van der Waals surface area contributed by atoms with E-state index in [-0.39, 0.29) is 12.2 Å². The van der Waals surface area contributed by atoms with Gasteiger partial charge in [-0.1, -0.05) is 0 Å². The van der Waals surface area contributed by atoms with Gasteiger partial charge in [-0.15, -0.1) is 0 Å². The molecule has 0 rings (SSSR count). The Labute approximate surface area is 54.3 Å². The molecular formula is C6H12O3. The number of ketones is 1. The largest absolute Gasteiger partial charge is 0.390 e. The predicted octanol–water partition coefficient (Wildman–Crippen LogP) is -0.291. The van der Waals surface area contributed by atoms with Crippen LogP contribution in [0.15, 0.2) is 0 Å². The van der Waals surface area contributed by atoms with Crippen LogP contribution in [0.4, 0.5) is 0 Å². The lowest BCUT2D eigenvalue weighted by Gasteiger charge is -2.14. The molecule has 9 heavy (non-hydrogen) atoms. The van der Waals surface area contributed by atoms with Crippen LogP contribution in [0.1, 0.15) is 20.3 Å². The average molecular weight is 132 g/mol. The Balaban J connectivity index is 3.60. The molecule has 0 saturated carbocycles. The van der Waals surface area contributed by atoms with Crippen LogP contribution in [0.5, 0.6) is 0 Å². The first-order chi connectivity index (χ1) is 3.95. The van der Waals surface area contributed by atoms with E-state index in [2.05, 4.69) is 0 Å². The van der Waals surface area contributed by atoms with E-state index in [9.17, 15) is 4.79 Å². The van der Waals surface area contributed by atoms with Crippen LogP contribution in [0.3, 0.4) is 0 Å². The monoisotopic (exact) mass is 132 g/mol. The van der Waals surface area contributed by atoms with Gasteiger partial charge in [0.25, 0.3) is 0 Å². The van der Waals surface area contributed by atoms with Gasteiger partial charge in [0.05, 0.1) is 5.60 Å². The molecule has 2 N–H and O–H groups in total. The van der Waals surface area contributed by atoms with Crippen LogP contribution in [-0.4, -0.2) is 28.2 Å². The fraction of sp³-hybridized carbons (Fsp3) is 0.833. The quantitative estimate of drug-likeness (QED) is 0.554. The van der Waals surface area contributed by atoms with E-state index >= 15 is 0 Å². The van der Waals surface area contributed by atoms with E-state index in [0.717, 1.165) is 0 Å². The third-order valence-electron chi connectivity index (χ3n) is 0.806. The SMILES string of the molecule is CC(C)(O)CC(=O)CO. The zero-order valence-corrected chi connectivity index (χ0v) is 5.72. The van der Waals surface area contributed by atoms with E-state index in [1.165, 1.54) is 13.8 Å². The van der Waals surface area contributed by atoms with Crippen molar-refractivity contribution in [3.8, 4) is 0 Å². The first kappa shape index (κ1) is 8.59. The molecule has 0 fully saturated rings. The van der Waals surface area contributed by atoms with Crippen LogP contribution in [0.25, 0.3) is 0 Å². The topological polar surface area (TPSA) is 57.5 Å². The second-order valence-corrected chi connectivity index (χ2v) is 2.69. The zero-order chi connectivity index (χ0) is 7.49. The average Bonchev–Trinajstić information content (AvgIpc) is 1.62. The van der Waals surface area contributed by atoms with Crippen molar-refractivity contribution in [1.29, 1.82) is 0 Å². The minimum atomic E-state index is -0.986. The molecule has 0 aromatic heterocycles. The summed E-state index contributed by atoms with van der Waals surface area (Å²) >= 11 is 0. The summed E-state index contributed by atoms with van der Waals surface area (Å²) < 4.78 is 0. The summed E-state index contributed by atoms with van der Waals surface area (Å²) in [5.41, 5.74) is -0.986. The van der Waals surface area contributed by atoms with Crippen molar-refractivity contribution in [1.82, 2.24) is 0 Å². The molecule has 0 spiro atoms. The van der Waals surface area contributed by atoms with E-state index in [1.54, 1.807) is 0 Å². The normalized spacial score (nSPS) is 11.6. The molecule has 0 saturated heterocycles. The summed E-state index contributed by atoms with van der Waals surface area (Å²) in [6.45, 7) is 2.57. The van der Waals surface area contributed by atoms with E-state index in [4.69, 9.17) is 10.2 Å². The second-order valence-electron chi connectivity index (χ2n) is 2.69. The van der Waals surface area contributed by atoms with E-state index in [1.807, 2.05) is 0 Å². The number of hydrogen-bond acceptors (Lipinski definition) is 3. The number of hydrogen-bond donors (Lipinski definition) is 2. The molecule has 3 heteroatoms. The number of carbonyl (C=O) groups excluding carboxylic acids is 1. The van der Waals surface area contributed by atoms with Crippen LogP contribution in [0.2, 0.25) is 0 Å². The Hall–Kier alpha value is -0.410. The fourth-order valence-electron chi connectivity index (χ4n) is 0.538. The van der Waals surface area contributed by atoms with Crippen molar-refractivity contribution < 1.29 is 15.0 Å². The highest BCUT2D eigenvalue weighted by molar-refractivity contribution is 5.80. The third kappa shape index (κ3) is 5.46. The summed E-state index contributed by atoms with van der Waals surface area (Å²) in [5, 5.41) is 17.2. The molecule has 0 atom stereocenters. The molecule has 0 aliphatic heterocycles. The minimum Gasteiger partial charge on any atom is -0.390 e. The van der Waals surface area contributed by atoms with E-state index < -0.39 is 12.2 Å². The van der Waals surface area contributed by atoms with Crippen LogP contribution < -0.4 is 0 Å². The first-order valence-corrected chi connectivity index (χ1v) is 2.80. The molecule has 0 aromatic carbocycles. The lowest BCUT2D eigenvalue weighted by molar-refractivity contribution is -0.125. The summed E-state index contributed by atoms with van der Waals surface area (Å²) in [6.07, 6.45) is 0.0174. The molecule has 0 unspecified atom stereocenters. The summed E-state index contributed by atoms with van der Waals surface area (Å²) in [7, 11) is 0. The summed E-state index contributed by atoms with van der Waals surface area (Å²) in [5.74, 6) is -0.331. The van der Waals surface area contributed by atoms with Crippen molar-refractivity contribution in [2.75, 3.05) is 6.61 Å². The molecule has 54 valence electrons. The van der Waals surface area contributed by atoms with Crippen molar-refractivity contribution in [2.24, 2.45) is 0 Å². The Kier molecular flexibility index (Phi) is 2.81. The maximum atomic E-state index is 10.4. The standard InChI is InChI=1S/C6H12O3/c1-6(2,9)3-5(8)4-7/h7,9H,3-4H2,1-2H3. The highest BCUT2D eigenvalue weighted by atomic mass is 16.3. The van der Waals surface area contributed by atoms with Gasteiger partial charge in [0, 0.05) is 6.42 Å². The molecular weight excluding hydrogens is 120 g/mol. The molecule has 0 aliphatic rings. The molecule has 0 radical (unpaired) electrons. The maximum Gasteiger partial charge on any atom is 0.161 e. The zero-order valence-electron chi connectivity index (χ0n) is 5.72. The van der Waals surface area contributed by atoms with Crippen LogP contribution in [0, 0.1) is 0 Å². The molecule has 3 nitrogen and oxygen atoms in total. The van der Waals surface area contributed by atoms with Gasteiger partial charge in [0.1, 0.15) is 6.61 Å². The first-order valence-electron chi connectivity index (χ1n) is 2.80. The predicted molar refractivity (Wildman–Crippen MR) is 33.0 cm³/mol. The Bertz CT molecular complexity index is 101. The van der Waals surface area contributed by atoms with Gasteiger partial charge >= 0.3 is 0 Å². The third-order valence-corrected chi connectivity index (χ3v) is 0.806. The fourth-order valence-corrected chi connectivity index (χ4v) is 0.538. The smallest absolute Gasteiger partial charge is 0.161 e. The van der Waals surface area contributed by atoms with Gasteiger partial charge in [-0.2, -0.15) is 0 Å². The minimum absolute atomic E-state index is 0.0174. The van der Waals surface area contributed by atoms with Gasteiger partial charge in [-0.25, -0.2) is 0 Å². The van der Waals surface area contributed by atoms with Crippen LogP contribution in [-0.2, 0) is 4.79 Å². The Morgan fingerprint density at radius 1 is 1.56 bits per heavy atom. The summed E-state index contributed by atoms with van der Waals surface area (Å²) in [4.78, 5) is 10.4. The van der Waals surface area contributed by atoms with Gasteiger partial charge in [-0.3, -0.25) is 4.79 Å². The summed E-state index contributed by atoms with van der Waals surface area (Å²) in [6, 6.07) is 0. The number of carbonyl (C=O) groups is 1. The Morgan fingerprint density at radius 3 is 2.11 bits per heavy atom. The van der Waals surface area contributed by atoms with Gasteiger partial charge < -0.3 is 10.2 Å². The lowest BCUT2D eigenvalue weighted by atomic mass is 10.0. The van der Waals surface area contributed by atoms with Crippen molar-refractivity contribution in [2.45, 2.75) is 25.9 Å². The Morgan fingerprint density at radius 2 is 2.00 bits per heavy atom. The number of aliphatic hydroxyl groups excluding tert-OH is 1. The van der Waals surface area contributed by atoms with Gasteiger partial charge in [0.2, 0.25) is 0 Å². The maximum absolute atomic E-state index is 10.4. The number of Topliss-reactive ketones (excluding diaryl/α,β-unsaturated/α-hetero) is 1. The molecule has 0 bridgehead atoms. The van der Waals surface area contributed by atoms with Gasteiger partial charge in [-0.05, 0) is 13.8 Å². The number of aliphatic hydroxyl groups is 2. The van der Waals surface area contributed by atoms with Crippen molar-refractivity contribution in [3.05, 3.63) is 0 Å². The highest BCUT2D eigenvalue weighted by Crippen LogP contribution is 2.06. The van der Waals surface area contributed by atoms with Crippen LogP contribution >= 0.6 is 0 Å². The molecule has 0 aliphatic carbocycles. The highest BCUT2D eigenvalue weighted by Gasteiger charge is 2.16. The van der Waals surface area contributed by atoms with Crippen molar-refractivity contribution in [3.63, 3.8) is 0 Å². The molecule has 0 aromatic rings. The van der Waals surface area contributed by atoms with Crippen molar-refractivity contribution >= 4 is 5.78 Å². The van der Waals surface area contributed by atoms with Gasteiger partial charge in [0.15, 0.2) is 5.78 Å². The molecule has 0 amide bonds. The second kappa shape index (κ2) is 2.94. The lowest BCUT2D eigenvalue weighted by Crippen LogP contribution is -2.24. The molecule has 0 heterocycles.